The summed E-state index contributed by atoms with van der Waals surface area (Å²) in [7, 11) is 0. The van der Waals surface area contributed by atoms with Crippen molar-refractivity contribution < 1.29 is 9.63 Å². The number of amides is 1. The molecule has 0 aromatic rings. The van der Waals surface area contributed by atoms with E-state index in [-0.39, 0.29) is 0 Å². The molecule has 0 rings (SSSR count). The van der Waals surface area contributed by atoms with Gasteiger partial charge in [-0.3, -0.25) is 9.63 Å². The van der Waals surface area contributed by atoms with Crippen LogP contribution < -0.4 is 5.48 Å². The van der Waals surface area contributed by atoms with E-state index in [1.165, 1.54) is 0 Å². The minimum atomic E-state index is 0.530. The van der Waals surface area contributed by atoms with Gasteiger partial charge in [0.05, 0.1) is 6.61 Å². The van der Waals surface area contributed by atoms with E-state index in [1.54, 1.807) is 0 Å². The van der Waals surface area contributed by atoms with Gasteiger partial charge in [0.25, 0.3) is 0 Å². The van der Waals surface area contributed by atoms with Gasteiger partial charge >= 0.3 is 0 Å². The molecule has 0 spiro atoms. The van der Waals surface area contributed by atoms with E-state index in [1.807, 2.05) is 0 Å². The van der Waals surface area contributed by atoms with Crippen molar-refractivity contribution in [3.05, 3.63) is 0 Å². The summed E-state index contributed by atoms with van der Waals surface area (Å²) in [4.78, 5) is 16.7. The molecule has 66 valence electrons. The number of carbonyl (C=O) groups excluding carboxylic acids is 1. The van der Waals surface area contributed by atoms with Gasteiger partial charge in [0, 0.05) is 6.54 Å². The molecule has 0 heterocycles. The van der Waals surface area contributed by atoms with Gasteiger partial charge in [-0.2, -0.15) is 0 Å². The lowest BCUT2D eigenvalue weighted by Crippen LogP contribution is -2.29. The summed E-state index contributed by atoms with van der Waals surface area (Å²) in [5, 5.41) is 0. The molecule has 0 aliphatic carbocycles. The summed E-state index contributed by atoms with van der Waals surface area (Å²) in [6, 6.07) is 0. The molecular formula is C7H16N2O2. The number of likely N-dealkylation sites (N-methyl/N-ethyl adjacent to an activating group) is 1. The molecule has 1 amide bonds. The van der Waals surface area contributed by atoms with Crippen LogP contribution in [0.5, 0.6) is 0 Å². The van der Waals surface area contributed by atoms with Gasteiger partial charge < -0.3 is 4.90 Å². The molecule has 0 aromatic carbocycles. The molecule has 1 N–H and O–H groups in total. The Bertz CT molecular complexity index is 94.4. The van der Waals surface area contributed by atoms with Crippen molar-refractivity contribution in [2.24, 2.45) is 0 Å². The third kappa shape index (κ3) is 5.82. The molecule has 0 bridgehead atoms. The molecule has 11 heavy (non-hydrogen) atoms. The normalized spacial score (nSPS) is 10.1. The minimum Gasteiger partial charge on any atom is -0.301 e. The summed E-state index contributed by atoms with van der Waals surface area (Å²) >= 11 is 0. The highest BCUT2D eigenvalue weighted by atomic mass is 16.6. The number of nitrogens with one attached hydrogen (secondary N) is 1. The Kier molecular flexibility index (Phi) is 7.08. The van der Waals surface area contributed by atoms with Crippen molar-refractivity contribution in [1.29, 1.82) is 0 Å². The van der Waals surface area contributed by atoms with Crippen molar-refractivity contribution in [3.63, 3.8) is 0 Å². The van der Waals surface area contributed by atoms with Crippen molar-refractivity contribution in [1.82, 2.24) is 10.4 Å². The summed E-state index contributed by atoms with van der Waals surface area (Å²) in [6.45, 7) is 7.61. The molecule has 0 atom stereocenters. The van der Waals surface area contributed by atoms with Crippen LogP contribution in [0, 0.1) is 0 Å². The van der Waals surface area contributed by atoms with Gasteiger partial charge in [-0.1, -0.05) is 13.8 Å². The summed E-state index contributed by atoms with van der Waals surface area (Å²) in [5.74, 6) is 0. The number of hydroxylamine groups is 1. The molecule has 0 saturated carbocycles. The fourth-order valence-electron chi connectivity index (χ4n) is 0.808. The summed E-state index contributed by atoms with van der Waals surface area (Å²) in [6.07, 6.45) is 0.530. The van der Waals surface area contributed by atoms with Crippen LogP contribution in [0.1, 0.15) is 13.8 Å². The lowest BCUT2D eigenvalue weighted by molar-refractivity contribution is -0.120. The molecule has 0 aliphatic rings. The van der Waals surface area contributed by atoms with Gasteiger partial charge in [-0.25, -0.2) is 5.48 Å². The summed E-state index contributed by atoms with van der Waals surface area (Å²) in [5.41, 5.74) is 2.14. The quantitative estimate of drug-likeness (QED) is 0.324. The van der Waals surface area contributed by atoms with Crippen molar-refractivity contribution in [3.8, 4) is 0 Å². The largest absolute Gasteiger partial charge is 0.301 e. The van der Waals surface area contributed by atoms with Crippen molar-refractivity contribution in [2.45, 2.75) is 13.8 Å². The third-order valence-corrected chi connectivity index (χ3v) is 1.54. The zero-order chi connectivity index (χ0) is 8.53. The predicted molar refractivity (Wildman–Crippen MR) is 42.9 cm³/mol. The first-order chi connectivity index (χ1) is 5.35. The van der Waals surface area contributed by atoms with Gasteiger partial charge in [-0.05, 0) is 13.1 Å². The second-order valence-electron chi connectivity index (χ2n) is 2.11. The maximum Gasteiger partial charge on any atom is 0.230 e. The van der Waals surface area contributed by atoms with Gasteiger partial charge in [0.1, 0.15) is 0 Å². The second-order valence-corrected chi connectivity index (χ2v) is 2.11. The Morgan fingerprint density at radius 2 is 2.09 bits per heavy atom. The third-order valence-electron chi connectivity index (χ3n) is 1.54. The summed E-state index contributed by atoms with van der Waals surface area (Å²) < 4.78 is 0. The molecule has 0 aromatic heterocycles. The van der Waals surface area contributed by atoms with Crippen LogP contribution in [0.25, 0.3) is 0 Å². The van der Waals surface area contributed by atoms with Gasteiger partial charge in [-0.15, -0.1) is 0 Å². The number of rotatable bonds is 7. The van der Waals surface area contributed by atoms with Crippen LogP contribution in [0.4, 0.5) is 0 Å². The fourth-order valence-corrected chi connectivity index (χ4v) is 0.808. The molecule has 4 heteroatoms. The number of carbonyl (C=O) groups is 1. The zero-order valence-corrected chi connectivity index (χ0v) is 7.17. The van der Waals surface area contributed by atoms with E-state index in [0.717, 1.165) is 19.6 Å². The zero-order valence-electron chi connectivity index (χ0n) is 7.17. The van der Waals surface area contributed by atoms with E-state index < -0.39 is 0 Å². The lowest BCUT2D eigenvalue weighted by Gasteiger charge is -2.16. The van der Waals surface area contributed by atoms with E-state index in [2.05, 4.69) is 24.2 Å². The standard InChI is InChI=1S/C7H16N2O2/c1-3-9(4-2)5-6-11-8-7-10/h7H,3-6H2,1-2H3,(H,8,10). The Labute approximate surface area is 67.5 Å². The van der Waals surface area contributed by atoms with Crippen LogP contribution in [0.3, 0.4) is 0 Å². The molecular weight excluding hydrogens is 144 g/mol. The van der Waals surface area contributed by atoms with Crippen LogP contribution in [-0.2, 0) is 9.63 Å². The molecule has 0 radical (unpaired) electrons. The van der Waals surface area contributed by atoms with E-state index in [4.69, 9.17) is 4.84 Å². The second kappa shape index (κ2) is 7.50. The first-order valence-electron chi connectivity index (χ1n) is 3.88. The fraction of sp³-hybridized carbons (Fsp3) is 0.857. The Hall–Kier alpha value is -0.610. The van der Waals surface area contributed by atoms with E-state index in [0.29, 0.717) is 13.0 Å². The van der Waals surface area contributed by atoms with Crippen LogP contribution in [0.2, 0.25) is 0 Å². The molecule has 0 saturated heterocycles. The highest BCUT2D eigenvalue weighted by molar-refractivity contribution is 5.43. The lowest BCUT2D eigenvalue weighted by atomic mass is 10.5. The Morgan fingerprint density at radius 1 is 1.45 bits per heavy atom. The number of hydrogen-bond acceptors (Lipinski definition) is 3. The maximum atomic E-state index is 9.74. The predicted octanol–water partition coefficient (Wildman–Crippen LogP) is 0.00580. The Balaban J connectivity index is 3.13. The highest BCUT2D eigenvalue weighted by Gasteiger charge is 1.96. The first kappa shape index (κ1) is 10.4. The topological polar surface area (TPSA) is 41.6 Å². The molecule has 0 fully saturated rings. The van der Waals surface area contributed by atoms with E-state index >= 15 is 0 Å². The smallest absolute Gasteiger partial charge is 0.230 e. The monoisotopic (exact) mass is 160 g/mol. The van der Waals surface area contributed by atoms with Crippen molar-refractivity contribution >= 4 is 6.41 Å². The van der Waals surface area contributed by atoms with Crippen LogP contribution in [0.15, 0.2) is 0 Å². The Morgan fingerprint density at radius 3 is 2.55 bits per heavy atom. The first-order valence-corrected chi connectivity index (χ1v) is 3.88. The number of hydrogen-bond donors (Lipinski definition) is 1. The SMILES string of the molecule is CCN(CC)CCONC=O. The average Bonchev–Trinajstić information content (AvgIpc) is 2.05. The van der Waals surface area contributed by atoms with Gasteiger partial charge in [0.15, 0.2) is 0 Å². The van der Waals surface area contributed by atoms with E-state index in [9.17, 15) is 4.79 Å². The van der Waals surface area contributed by atoms with Gasteiger partial charge in [0.2, 0.25) is 6.41 Å². The van der Waals surface area contributed by atoms with Crippen molar-refractivity contribution in [2.75, 3.05) is 26.2 Å². The van der Waals surface area contributed by atoms with Crippen LogP contribution in [-0.4, -0.2) is 37.6 Å². The average molecular weight is 160 g/mol. The highest BCUT2D eigenvalue weighted by Crippen LogP contribution is 1.84. The maximum absolute atomic E-state index is 9.74. The molecule has 0 aliphatic heterocycles. The van der Waals surface area contributed by atoms with Crippen LogP contribution >= 0.6 is 0 Å². The number of nitrogens with zero attached hydrogens (tertiary/aromatic N) is 1. The molecule has 0 unspecified atom stereocenters. The minimum absolute atomic E-state index is 0.530. The molecule has 4 nitrogen and oxygen atoms in total.